The van der Waals surface area contributed by atoms with Gasteiger partial charge in [-0.3, -0.25) is 0 Å². The Kier molecular flexibility index (Phi) is 2.25. The third kappa shape index (κ3) is 1.74. The van der Waals surface area contributed by atoms with Crippen molar-refractivity contribution in [3.8, 4) is 5.75 Å². The molecule has 78 valence electrons. The molecule has 0 aliphatic carbocycles. The SMILES string of the molecule is O=C=NC(F)(F)c1ccc2c(c1)CCO2. The van der Waals surface area contributed by atoms with Crippen molar-refractivity contribution >= 4 is 6.08 Å². The highest BCUT2D eigenvalue weighted by atomic mass is 19.3. The van der Waals surface area contributed by atoms with Gasteiger partial charge in [0.15, 0.2) is 0 Å². The molecule has 1 aliphatic heterocycles. The molecule has 2 rings (SSSR count). The van der Waals surface area contributed by atoms with Crippen LogP contribution in [0.2, 0.25) is 0 Å². The number of ether oxygens (including phenoxy) is 1. The first kappa shape index (κ1) is 9.80. The molecule has 0 saturated heterocycles. The van der Waals surface area contributed by atoms with Gasteiger partial charge in [-0.05, 0) is 23.8 Å². The fraction of sp³-hybridized carbons (Fsp3) is 0.300. The number of rotatable bonds is 2. The summed E-state index contributed by atoms with van der Waals surface area (Å²) >= 11 is 0. The average molecular weight is 211 g/mol. The average Bonchev–Trinajstić information content (AvgIpc) is 2.63. The van der Waals surface area contributed by atoms with Gasteiger partial charge in [0.25, 0.3) is 0 Å². The summed E-state index contributed by atoms with van der Waals surface area (Å²) in [7, 11) is 0. The van der Waals surface area contributed by atoms with E-state index < -0.39 is 6.05 Å². The summed E-state index contributed by atoms with van der Waals surface area (Å²) in [5.74, 6) is 0.615. The number of alkyl halides is 2. The minimum atomic E-state index is -3.50. The highest BCUT2D eigenvalue weighted by molar-refractivity contribution is 5.42. The van der Waals surface area contributed by atoms with E-state index in [1.165, 1.54) is 18.2 Å². The van der Waals surface area contributed by atoms with Gasteiger partial charge in [0.2, 0.25) is 6.08 Å². The van der Waals surface area contributed by atoms with Gasteiger partial charge in [0, 0.05) is 12.0 Å². The van der Waals surface area contributed by atoms with Crippen LogP contribution in [0.15, 0.2) is 23.2 Å². The van der Waals surface area contributed by atoms with Crippen LogP contribution >= 0.6 is 0 Å². The Morgan fingerprint density at radius 2 is 2.27 bits per heavy atom. The van der Waals surface area contributed by atoms with Gasteiger partial charge in [0.05, 0.1) is 6.61 Å². The van der Waals surface area contributed by atoms with Gasteiger partial charge in [-0.1, -0.05) is 0 Å². The summed E-state index contributed by atoms with van der Waals surface area (Å²) in [4.78, 5) is 12.3. The van der Waals surface area contributed by atoms with Crippen LogP contribution in [0.4, 0.5) is 8.78 Å². The number of isocyanates is 1. The molecule has 1 aromatic rings. The van der Waals surface area contributed by atoms with Gasteiger partial charge in [0.1, 0.15) is 5.75 Å². The monoisotopic (exact) mass is 211 g/mol. The van der Waals surface area contributed by atoms with Crippen LogP contribution in [0.5, 0.6) is 5.75 Å². The molecule has 0 saturated carbocycles. The van der Waals surface area contributed by atoms with E-state index in [9.17, 15) is 13.6 Å². The minimum absolute atomic E-state index is 0.310. The molecule has 0 bridgehead atoms. The molecule has 0 amide bonds. The topological polar surface area (TPSA) is 38.7 Å². The lowest BCUT2D eigenvalue weighted by atomic mass is 10.1. The van der Waals surface area contributed by atoms with Crippen molar-refractivity contribution < 1.29 is 18.3 Å². The number of hydrogen-bond donors (Lipinski definition) is 0. The molecule has 1 aromatic carbocycles. The number of hydrogen-bond acceptors (Lipinski definition) is 3. The normalized spacial score (nSPS) is 14.0. The van der Waals surface area contributed by atoms with Crippen molar-refractivity contribution in [3.63, 3.8) is 0 Å². The molecule has 0 fully saturated rings. The van der Waals surface area contributed by atoms with Crippen LogP contribution in [0, 0.1) is 0 Å². The minimum Gasteiger partial charge on any atom is -0.493 e. The zero-order valence-corrected chi connectivity index (χ0v) is 7.67. The van der Waals surface area contributed by atoms with Crippen LogP contribution in [0.1, 0.15) is 11.1 Å². The molecule has 3 nitrogen and oxygen atoms in total. The molecule has 0 N–H and O–H groups in total. The molecule has 1 heterocycles. The molecular weight excluding hydrogens is 204 g/mol. The third-order valence-corrected chi connectivity index (χ3v) is 2.22. The number of halogens is 2. The Balaban J connectivity index is 2.42. The molecule has 0 atom stereocenters. The summed E-state index contributed by atoms with van der Waals surface area (Å²) in [5.41, 5.74) is 0.406. The molecule has 0 unspecified atom stereocenters. The number of benzene rings is 1. The van der Waals surface area contributed by atoms with E-state index in [-0.39, 0.29) is 5.56 Å². The van der Waals surface area contributed by atoms with Crippen molar-refractivity contribution in [1.82, 2.24) is 0 Å². The Morgan fingerprint density at radius 3 is 3.00 bits per heavy atom. The molecule has 0 radical (unpaired) electrons. The number of aliphatic imine (C=N–C) groups is 1. The highest BCUT2D eigenvalue weighted by Crippen LogP contribution is 2.34. The van der Waals surface area contributed by atoms with Crippen molar-refractivity contribution in [2.24, 2.45) is 4.99 Å². The first-order chi connectivity index (χ1) is 7.13. The fourth-order valence-corrected chi connectivity index (χ4v) is 1.50. The van der Waals surface area contributed by atoms with E-state index in [1.54, 1.807) is 0 Å². The van der Waals surface area contributed by atoms with Crippen molar-refractivity contribution in [2.75, 3.05) is 6.61 Å². The second-order valence-electron chi connectivity index (χ2n) is 3.17. The van der Waals surface area contributed by atoms with E-state index in [4.69, 9.17) is 4.74 Å². The zero-order valence-electron chi connectivity index (χ0n) is 7.67. The Bertz CT molecular complexity index is 439. The van der Waals surface area contributed by atoms with Crippen molar-refractivity contribution in [2.45, 2.75) is 12.5 Å². The highest BCUT2D eigenvalue weighted by Gasteiger charge is 2.32. The summed E-state index contributed by atoms with van der Waals surface area (Å²) in [6.07, 6.45) is 1.47. The lowest BCUT2D eigenvalue weighted by Crippen LogP contribution is -2.09. The van der Waals surface area contributed by atoms with Gasteiger partial charge < -0.3 is 4.74 Å². The lowest BCUT2D eigenvalue weighted by Gasteiger charge is -2.10. The molecular formula is C10H7F2NO2. The molecule has 15 heavy (non-hydrogen) atoms. The second-order valence-corrected chi connectivity index (χ2v) is 3.17. The maximum atomic E-state index is 13.2. The van der Waals surface area contributed by atoms with Gasteiger partial charge >= 0.3 is 6.05 Å². The van der Waals surface area contributed by atoms with Crippen molar-refractivity contribution in [1.29, 1.82) is 0 Å². The maximum absolute atomic E-state index is 13.2. The van der Waals surface area contributed by atoms with E-state index >= 15 is 0 Å². The predicted octanol–water partition coefficient (Wildman–Crippen LogP) is 2.01. The number of nitrogens with zero attached hydrogens (tertiary/aromatic N) is 1. The van der Waals surface area contributed by atoms with Crippen molar-refractivity contribution in [3.05, 3.63) is 29.3 Å². The summed E-state index contributed by atoms with van der Waals surface area (Å²) in [6, 6.07) is 0.472. The molecule has 1 aliphatic rings. The summed E-state index contributed by atoms with van der Waals surface area (Å²) in [5, 5.41) is 0. The van der Waals surface area contributed by atoms with Crippen LogP contribution in [-0.2, 0) is 17.3 Å². The number of fused-ring (bicyclic) bond motifs is 1. The Labute approximate surface area is 84.4 Å². The summed E-state index contributed by atoms with van der Waals surface area (Å²) < 4.78 is 31.5. The van der Waals surface area contributed by atoms with Crippen LogP contribution in [0.25, 0.3) is 0 Å². The molecule has 0 aromatic heterocycles. The molecule has 5 heteroatoms. The lowest BCUT2D eigenvalue weighted by molar-refractivity contribution is 0.00610. The standard InChI is InChI=1S/C10H7F2NO2/c11-10(12,13-6-14)8-1-2-9-7(5-8)3-4-15-9/h1-2,5H,3-4H2. The third-order valence-electron chi connectivity index (χ3n) is 2.22. The van der Waals surface area contributed by atoms with Crippen LogP contribution < -0.4 is 4.74 Å². The smallest absolute Gasteiger partial charge is 0.379 e. The fourth-order valence-electron chi connectivity index (χ4n) is 1.50. The van der Waals surface area contributed by atoms with Crippen LogP contribution in [-0.4, -0.2) is 12.7 Å². The predicted molar refractivity (Wildman–Crippen MR) is 47.7 cm³/mol. The first-order valence-corrected chi connectivity index (χ1v) is 4.36. The Hall–Kier alpha value is -1.74. The van der Waals surface area contributed by atoms with Gasteiger partial charge in [-0.25, -0.2) is 4.79 Å². The quantitative estimate of drug-likeness (QED) is 0.426. The van der Waals surface area contributed by atoms with E-state index in [0.717, 1.165) is 6.08 Å². The molecule has 0 spiro atoms. The summed E-state index contributed by atoms with van der Waals surface area (Å²) in [6.45, 7) is 0.501. The zero-order chi connectivity index (χ0) is 10.9. The van der Waals surface area contributed by atoms with E-state index in [2.05, 4.69) is 4.99 Å². The second kappa shape index (κ2) is 3.44. The van der Waals surface area contributed by atoms with Gasteiger partial charge in [-0.2, -0.15) is 8.78 Å². The van der Waals surface area contributed by atoms with E-state index in [0.29, 0.717) is 24.3 Å². The maximum Gasteiger partial charge on any atom is 0.379 e. The Morgan fingerprint density at radius 1 is 1.47 bits per heavy atom. The van der Waals surface area contributed by atoms with Crippen LogP contribution in [0.3, 0.4) is 0 Å². The largest absolute Gasteiger partial charge is 0.493 e. The van der Waals surface area contributed by atoms with E-state index in [1.807, 2.05) is 0 Å². The van der Waals surface area contributed by atoms with Gasteiger partial charge in [-0.15, -0.1) is 4.99 Å². The number of carbonyl (C=O) groups excluding carboxylic acids is 1. The first-order valence-electron chi connectivity index (χ1n) is 4.36.